The highest BCUT2D eigenvalue weighted by atomic mass is 16.1. The fourth-order valence-electron chi connectivity index (χ4n) is 1.86. The Bertz CT molecular complexity index is 582. The first-order chi connectivity index (χ1) is 8.81. The van der Waals surface area contributed by atoms with Crippen molar-refractivity contribution >= 4 is 5.78 Å². The van der Waals surface area contributed by atoms with Crippen molar-refractivity contribution in [3.8, 4) is 6.07 Å². The SMILES string of the molecule is N#Cc1ccccc1CCC(=O)c1ccccc1. The van der Waals surface area contributed by atoms with Crippen LogP contribution in [0.5, 0.6) is 0 Å². The van der Waals surface area contributed by atoms with Crippen LogP contribution in [0.15, 0.2) is 54.6 Å². The van der Waals surface area contributed by atoms with Crippen LogP contribution in [0.4, 0.5) is 0 Å². The summed E-state index contributed by atoms with van der Waals surface area (Å²) in [5.74, 6) is 0.114. The number of hydrogen-bond acceptors (Lipinski definition) is 2. The van der Waals surface area contributed by atoms with Gasteiger partial charge in [0.15, 0.2) is 5.78 Å². The van der Waals surface area contributed by atoms with Crippen molar-refractivity contribution in [3.63, 3.8) is 0 Å². The summed E-state index contributed by atoms with van der Waals surface area (Å²) in [7, 11) is 0. The summed E-state index contributed by atoms with van der Waals surface area (Å²) in [4.78, 5) is 11.9. The Hall–Kier alpha value is -2.40. The van der Waals surface area contributed by atoms with E-state index in [1.54, 1.807) is 6.07 Å². The van der Waals surface area contributed by atoms with E-state index in [4.69, 9.17) is 5.26 Å². The average molecular weight is 235 g/mol. The molecule has 2 nitrogen and oxygen atoms in total. The molecule has 0 N–H and O–H groups in total. The van der Waals surface area contributed by atoms with E-state index in [-0.39, 0.29) is 5.78 Å². The van der Waals surface area contributed by atoms with E-state index in [1.807, 2.05) is 48.5 Å². The van der Waals surface area contributed by atoms with Crippen molar-refractivity contribution in [2.45, 2.75) is 12.8 Å². The number of carbonyl (C=O) groups is 1. The van der Waals surface area contributed by atoms with Crippen LogP contribution in [0.2, 0.25) is 0 Å². The molecule has 0 saturated heterocycles. The monoisotopic (exact) mass is 235 g/mol. The molecule has 0 aliphatic heterocycles. The molecule has 0 spiro atoms. The highest BCUT2D eigenvalue weighted by molar-refractivity contribution is 5.96. The summed E-state index contributed by atoms with van der Waals surface area (Å²) in [5.41, 5.74) is 2.31. The Morgan fingerprint density at radius 1 is 1.00 bits per heavy atom. The number of ketones is 1. The zero-order valence-electron chi connectivity index (χ0n) is 9.97. The van der Waals surface area contributed by atoms with Gasteiger partial charge >= 0.3 is 0 Å². The standard InChI is InChI=1S/C16H13NO/c17-12-15-9-5-4-6-13(15)10-11-16(18)14-7-2-1-3-8-14/h1-9H,10-11H2. The zero-order chi connectivity index (χ0) is 12.8. The molecule has 0 radical (unpaired) electrons. The fraction of sp³-hybridized carbons (Fsp3) is 0.125. The van der Waals surface area contributed by atoms with Gasteiger partial charge in [-0.1, -0.05) is 48.5 Å². The molecule has 0 amide bonds. The number of nitriles is 1. The largest absolute Gasteiger partial charge is 0.294 e. The van der Waals surface area contributed by atoms with E-state index >= 15 is 0 Å². The van der Waals surface area contributed by atoms with Gasteiger partial charge in [0.25, 0.3) is 0 Å². The van der Waals surface area contributed by atoms with E-state index in [0.29, 0.717) is 18.4 Å². The number of carbonyl (C=O) groups excluding carboxylic acids is 1. The quantitative estimate of drug-likeness (QED) is 0.762. The molecule has 0 aliphatic rings. The van der Waals surface area contributed by atoms with Gasteiger partial charge in [-0.05, 0) is 18.1 Å². The van der Waals surface area contributed by atoms with Gasteiger partial charge in [-0.15, -0.1) is 0 Å². The number of nitrogens with zero attached hydrogens (tertiary/aromatic N) is 1. The minimum atomic E-state index is 0.114. The maximum atomic E-state index is 11.9. The van der Waals surface area contributed by atoms with Crippen LogP contribution in [0, 0.1) is 11.3 Å². The van der Waals surface area contributed by atoms with Crippen molar-refractivity contribution in [2.24, 2.45) is 0 Å². The molecular formula is C16H13NO. The second-order valence-electron chi connectivity index (χ2n) is 4.06. The number of Topliss-reactive ketones (excluding diaryl/α,β-unsaturated/α-hetero) is 1. The lowest BCUT2D eigenvalue weighted by molar-refractivity contribution is 0.0983. The van der Waals surface area contributed by atoms with Gasteiger partial charge in [-0.25, -0.2) is 0 Å². The lowest BCUT2D eigenvalue weighted by atomic mass is 10.00. The Balaban J connectivity index is 2.05. The molecule has 0 heterocycles. The van der Waals surface area contributed by atoms with Gasteiger partial charge in [0.05, 0.1) is 11.6 Å². The van der Waals surface area contributed by atoms with Gasteiger partial charge in [0.2, 0.25) is 0 Å². The predicted molar refractivity (Wildman–Crippen MR) is 70.3 cm³/mol. The van der Waals surface area contributed by atoms with Gasteiger partial charge in [0.1, 0.15) is 0 Å². The number of hydrogen-bond donors (Lipinski definition) is 0. The molecule has 0 fully saturated rings. The first-order valence-corrected chi connectivity index (χ1v) is 5.87. The Kier molecular flexibility index (Phi) is 3.88. The van der Waals surface area contributed by atoms with Crippen molar-refractivity contribution in [1.29, 1.82) is 5.26 Å². The highest BCUT2D eigenvalue weighted by Gasteiger charge is 2.07. The number of aryl methyl sites for hydroxylation is 1. The molecule has 0 bridgehead atoms. The first-order valence-electron chi connectivity index (χ1n) is 5.87. The second kappa shape index (κ2) is 5.79. The summed E-state index contributed by atoms with van der Waals surface area (Å²) in [6, 6.07) is 18.8. The van der Waals surface area contributed by atoms with Crippen LogP contribution in [-0.4, -0.2) is 5.78 Å². The molecule has 0 unspecified atom stereocenters. The molecule has 18 heavy (non-hydrogen) atoms. The van der Waals surface area contributed by atoms with Crippen molar-refractivity contribution in [2.75, 3.05) is 0 Å². The Labute approximate surface area is 107 Å². The van der Waals surface area contributed by atoms with Gasteiger partial charge in [-0.3, -0.25) is 4.79 Å². The second-order valence-corrected chi connectivity index (χ2v) is 4.06. The predicted octanol–water partition coefficient (Wildman–Crippen LogP) is 3.37. The lowest BCUT2D eigenvalue weighted by Gasteiger charge is -2.03. The molecule has 2 rings (SSSR count). The number of benzene rings is 2. The van der Waals surface area contributed by atoms with E-state index in [2.05, 4.69) is 6.07 Å². The molecule has 88 valence electrons. The van der Waals surface area contributed by atoms with Crippen molar-refractivity contribution in [3.05, 3.63) is 71.3 Å². The third-order valence-electron chi connectivity index (χ3n) is 2.85. The smallest absolute Gasteiger partial charge is 0.163 e. The summed E-state index contributed by atoms with van der Waals surface area (Å²) in [6.45, 7) is 0. The number of rotatable bonds is 4. The van der Waals surface area contributed by atoms with Gasteiger partial charge < -0.3 is 0 Å². The molecule has 0 aromatic heterocycles. The molecule has 0 saturated carbocycles. The van der Waals surface area contributed by atoms with Crippen molar-refractivity contribution < 1.29 is 4.79 Å². The van der Waals surface area contributed by atoms with Crippen molar-refractivity contribution in [1.82, 2.24) is 0 Å². The summed E-state index contributed by atoms with van der Waals surface area (Å²) in [5, 5.41) is 8.97. The van der Waals surface area contributed by atoms with Crippen LogP contribution in [0.3, 0.4) is 0 Å². The van der Waals surface area contributed by atoms with E-state index in [1.165, 1.54) is 0 Å². The molecule has 0 atom stereocenters. The topological polar surface area (TPSA) is 40.9 Å². The van der Waals surface area contributed by atoms with Gasteiger partial charge in [-0.2, -0.15) is 5.26 Å². The molecule has 0 aliphatic carbocycles. The fourth-order valence-corrected chi connectivity index (χ4v) is 1.86. The lowest BCUT2D eigenvalue weighted by Crippen LogP contribution is -2.01. The van der Waals surface area contributed by atoms with Crippen LogP contribution in [0.25, 0.3) is 0 Å². The van der Waals surface area contributed by atoms with Crippen LogP contribution in [-0.2, 0) is 6.42 Å². The van der Waals surface area contributed by atoms with Gasteiger partial charge in [0, 0.05) is 12.0 Å². The van der Waals surface area contributed by atoms with Crippen LogP contribution in [0.1, 0.15) is 27.9 Å². The molecule has 2 heteroatoms. The van der Waals surface area contributed by atoms with Crippen LogP contribution < -0.4 is 0 Å². The molecular weight excluding hydrogens is 222 g/mol. The Morgan fingerprint density at radius 3 is 2.39 bits per heavy atom. The molecule has 2 aromatic carbocycles. The average Bonchev–Trinajstić information content (AvgIpc) is 2.46. The Morgan fingerprint density at radius 2 is 1.67 bits per heavy atom. The minimum absolute atomic E-state index is 0.114. The third kappa shape index (κ3) is 2.83. The first kappa shape index (κ1) is 12.1. The van der Waals surface area contributed by atoms with Crippen LogP contribution >= 0.6 is 0 Å². The van der Waals surface area contributed by atoms with E-state index in [9.17, 15) is 4.79 Å². The third-order valence-corrected chi connectivity index (χ3v) is 2.85. The van der Waals surface area contributed by atoms with E-state index < -0.39 is 0 Å². The molecule has 2 aromatic rings. The summed E-state index contributed by atoms with van der Waals surface area (Å²) < 4.78 is 0. The highest BCUT2D eigenvalue weighted by Crippen LogP contribution is 2.12. The zero-order valence-corrected chi connectivity index (χ0v) is 9.97. The summed E-state index contributed by atoms with van der Waals surface area (Å²) >= 11 is 0. The van der Waals surface area contributed by atoms with E-state index in [0.717, 1.165) is 11.1 Å². The normalized spacial score (nSPS) is 9.72. The summed E-state index contributed by atoms with van der Waals surface area (Å²) in [6.07, 6.45) is 1.04. The maximum Gasteiger partial charge on any atom is 0.163 e. The maximum absolute atomic E-state index is 11.9. The minimum Gasteiger partial charge on any atom is -0.294 e.